The van der Waals surface area contributed by atoms with Crippen molar-refractivity contribution < 1.29 is 14.0 Å². The van der Waals surface area contributed by atoms with Crippen molar-refractivity contribution >= 4 is 35.2 Å². The fourth-order valence-corrected chi connectivity index (χ4v) is 5.62. The summed E-state index contributed by atoms with van der Waals surface area (Å²) in [5, 5.41) is 3.30. The maximum Gasteiger partial charge on any atom is 0.247 e. The second-order valence-corrected chi connectivity index (χ2v) is 10.0. The van der Waals surface area contributed by atoms with E-state index < -0.39 is 0 Å². The number of fused-ring (bicyclic) bond motifs is 2. The molecule has 8 heteroatoms. The smallest absolute Gasteiger partial charge is 0.247 e. The van der Waals surface area contributed by atoms with Crippen LogP contribution in [0.15, 0.2) is 67.0 Å². The Labute approximate surface area is 220 Å². The number of pyridine rings is 1. The minimum Gasteiger partial charge on any atom is -0.331 e. The minimum atomic E-state index is -0.235. The topological polar surface area (TPSA) is 65.5 Å². The predicted octanol–water partition coefficient (Wildman–Crippen LogP) is 5.39. The molecular weight excluding hydrogens is 491 g/mol. The third-order valence-electron chi connectivity index (χ3n) is 6.96. The van der Waals surface area contributed by atoms with Gasteiger partial charge in [0, 0.05) is 73.9 Å². The molecule has 2 bridgehead atoms. The Balaban J connectivity index is 1.34. The van der Waals surface area contributed by atoms with Crippen molar-refractivity contribution in [1.29, 1.82) is 0 Å². The molecule has 2 saturated heterocycles. The summed E-state index contributed by atoms with van der Waals surface area (Å²) >= 11 is 6.53. The van der Waals surface area contributed by atoms with Crippen LogP contribution in [0.2, 0.25) is 5.02 Å². The Hall–Kier alpha value is -3.55. The maximum atomic E-state index is 13.3. The number of aromatic nitrogens is 1. The summed E-state index contributed by atoms with van der Waals surface area (Å²) in [5.74, 6) is -0.497. The average molecular weight is 519 g/mol. The minimum absolute atomic E-state index is 0.0411. The van der Waals surface area contributed by atoms with Crippen LogP contribution in [0.1, 0.15) is 30.9 Å². The molecule has 3 heterocycles. The molecule has 1 aromatic heterocycles. The number of carbonyl (C=O) groups is 2. The van der Waals surface area contributed by atoms with Crippen molar-refractivity contribution in [2.45, 2.75) is 38.4 Å². The highest BCUT2D eigenvalue weighted by molar-refractivity contribution is 6.33. The van der Waals surface area contributed by atoms with Gasteiger partial charge in [0.2, 0.25) is 11.8 Å². The van der Waals surface area contributed by atoms with Crippen molar-refractivity contribution in [1.82, 2.24) is 14.8 Å². The third kappa shape index (κ3) is 5.73. The highest BCUT2D eigenvalue weighted by Gasteiger charge is 2.41. The van der Waals surface area contributed by atoms with Gasteiger partial charge in [-0.15, -0.1) is 0 Å². The van der Waals surface area contributed by atoms with Crippen LogP contribution in [0.5, 0.6) is 0 Å². The van der Waals surface area contributed by atoms with Gasteiger partial charge >= 0.3 is 0 Å². The molecular formula is C29H28ClFN4O2. The largest absolute Gasteiger partial charge is 0.331 e. The number of amides is 2. The lowest BCUT2D eigenvalue weighted by Crippen LogP contribution is -2.55. The van der Waals surface area contributed by atoms with E-state index in [-0.39, 0.29) is 29.7 Å². The fraction of sp³-hybridized carbons (Fsp3) is 0.276. The lowest BCUT2D eigenvalue weighted by Gasteiger charge is -2.40. The normalized spacial score (nSPS) is 19.4. The van der Waals surface area contributed by atoms with Gasteiger partial charge in [-0.2, -0.15) is 0 Å². The van der Waals surface area contributed by atoms with Gasteiger partial charge in [-0.1, -0.05) is 29.8 Å². The standard InChI is InChI=1S/C29H28ClFN4O2/c1-19(36)33-28-14-27(30)26(22-3-2-12-32-15-22)13-21(28)6-11-29(37)35-24-9-10-25(35)18-34(17-24)16-20-4-7-23(31)8-5-20/h2-8,11-15,24-25H,9-10,16-18H2,1H3,(H,33,36)/b11-6+. The molecule has 5 rings (SSSR count). The summed E-state index contributed by atoms with van der Waals surface area (Å²) in [5.41, 5.74) is 3.91. The number of hydrogen-bond donors (Lipinski definition) is 1. The number of nitrogens with zero attached hydrogens (tertiary/aromatic N) is 3. The quantitative estimate of drug-likeness (QED) is 0.444. The number of nitrogens with one attached hydrogen (secondary N) is 1. The van der Waals surface area contributed by atoms with Crippen LogP contribution in [0.25, 0.3) is 17.2 Å². The second kappa shape index (κ2) is 10.8. The molecule has 0 saturated carbocycles. The highest BCUT2D eigenvalue weighted by atomic mass is 35.5. The van der Waals surface area contributed by atoms with E-state index in [1.165, 1.54) is 19.1 Å². The van der Waals surface area contributed by atoms with E-state index in [9.17, 15) is 14.0 Å². The molecule has 190 valence electrons. The number of halogens is 2. The molecule has 0 aliphatic carbocycles. The summed E-state index contributed by atoms with van der Waals surface area (Å²) in [4.78, 5) is 33.7. The Morgan fingerprint density at radius 3 is 2.51 bits per heavy atom. The van der Waals surface area contributed by atoms with E-state index in [0.717, 1.165) is 49.2 Å². The third-order valence-corrected chi connectivity index (χ3v) is 7.27. The zero-order valence-corrected chi connectivity index (χ0v) is 21.3. The average Bonchev–Trinajstić information content (AvgIpc) is 3.15. The Bertz CT molecular complexity index is 1320. The molecule has 2 unspecified atom stereocenters. The predicted molar refractivity (Wildman–Crippen MR) is 143 cm³/mol. The van der Waals surface area contributed by atoms with Crippen LogP contribution < -0.4 is 5.32 Å². The van der Waals surface area contributed by atoms with Crippen molar-refractivity contribution in [3.8, 4) is 11.1 Å². The van der Waals surface area contributed by atoms with E-state index in [1.807, 2.05) is 35.2 Å². The van der Waals surface area contributed by atoms with Crippen LogP contribution in [-0.4, -0.2) is 51.8 Å². The van der Waals surface area contributed by atoms with Gasteiger partial charge in [0.25, 0.3) is 0 Å². The lowest BCUT2D eigenvalue weighted by molar-refractivity contribution is -0.131. The first-order valence-corrected chi connectivity index (χ1v) is 12.7. The molecule has 37 heavy (non-hydrogen) atoms. The Morgan fingerprint density at radius 1 is 1.14 bits per heavy atom. The second-order valence-electron chi connectivity index (χ2n) is 9.63. The first-order valence-electron chi connectivity index (χ1n) is 12.4. The zero-order valence-electron chi connectivity index (χ0n) is 20.5. The van der Waals surface area contributed by atoms with Gasteiger partial charge in [-0.3, -0.25) is 19.5 Å². The van der Waals surface area contributed by atoms with Gasteiger partial charge in [0.1, 0.15) is 5.82 Å². The summed E-state index contributed by atoms with van der Waals surface area (Å²) in [7, 11) is 0. The van der Waals surface area contributed by atoms with Crippen molar-refractivity contribution in [2.75, 3.05) is 18.4 Å². The fourth-order valence-electron chi connectivity index (χ4n) is 5.34. The van der Waals surface area contributed by atoms with Crippen molar-refractivity contribution in [3.63, 3.8) is 0 Å². The number of piperazine rings is 1. The van der Waals surface area contributed by atoms with E-state index in [4.69, 9.17) is 11.6 Å². The van der Waals surface area contributed by atoms with Crippen LogP contribution in [-0.2, 0) is 16.1 Å². The van der Waals surface area contributed by atoms with Crippen molar-refractivity contribution in [3.05, 3.63) is 89.0 Å². The molecule has 6 nitrogen and oxygen atoms in total. The Morgan fingerprint density at radius 2 is 1.86 bits per heavy atom. The van der Waals surface area contributed by atoms with Gasteiger partial charge in [-0.05, 0) is 60.4 Å². The molecule has 0 spiro atoms. The first-order chi connectivity index (χ1) is 17.9. The molecule has 2 fully saturated rings. The molecule has 2 amide bonds. The number of carbonyl (C=O) groups excluding carboxylic acids is 2. The molecule has 2 aromatic carbocycles. The Kier molecular flexibility index (Phi) is 7.35. The highest BCUT2D eigenvalue weighted by Crippen LogP contribution is 2.35. The van der Waals surface area contributed by atoms with E-state index in [2.05, 4.69) is 15.2 Å². The van der Waals surface area contributed by atoms with E-state index in [0.29, 0.717) is 16.3 Å². The van der Waals surface area contributed by atoms with E-state index in [1.54, 1.807) is 30.6 Å². The van der Waals surface area contributed by atoms with Gasteiger partial charge < -0.3 is 10.2 Å². The number of anilines is 1. The molecule has 2 atom stereocenters. The van der Waals surface area contributed by atoms with Crippen LogP contribution >= 0.6 is 11.6 Å². The summed E-state index contributed by atoms with van der Waals surface area (Å²) < 4.78 is 13.3. The monoisotopic (exact) mass is 518 g/mol. The maximum absolute atomic E-state index is 13.3. The summed E-state index contributed by atoms with van der Waals surface area (Å²) in [6.07, 6.45) is 8.68. The molecule has 3 aromatic rings. The van der Waals surface area contributed by atoms with Gasteiger partial charge in [0.15, 0.2) is 0 Å². The first kappa shape index (κ1) is 25.1. The number of hydrogen-bond acceptors (Lipinski definition) is 4. The van der Waals surface area contributed by atoms with E-state index >= 15 is 0 Å². The number of likely N-dealkylation sites (tertiary alicyclic amines) is 1. The SMILES string of the molecule is CC(=O)Nc1cc(Cl)c(-c2cccnc2)cc1/C=C/C(=O)N1C2CCC1CN(Cc1ccc(F)cc1)C2. The number of benzene rings is 2. The molecule has 2 aliphatic heterocycles. The number of rotatable bonds is 6. The van der Waals surface area contributed by atoms with Crippen LogP contribution in [0, 0.1) is 5.82 Å². The lowest BCUT2D eigenvalue weighted by atomic mass is 10.0. The van der Waals surface area contributed by atoms with Crippen molar-refractivity contribution in [2.24, 2.45) is 0 Å². The van der Waals surface area contributed by atoms with Gasteiger partial charge in [0.05, 0.1) is 5.02 Å². The van der Waals surface area contributed by atoms with Gasteiger partial charge in [-0.25, -0.2) is 4.39 Å². The molecule has 1 N–H and O–H groups in total. The van der Waals surface area contributed by atoms with Crippen LogP contribution in [0.3, 0.4) is 0 Å². The summed E-state index contributed by atoms with van der Waals surface area (Å²) in [6, 6.07) is 14.2. The molecule has 2 aliphatic rings. The zero-order chi connectivity index (χ0) is 25.9. The summed E-state index contributed by atoms with van der Waals surface area (Å²) in [6.45, 7) is 3.76. The van der Waals surface area contributed by atoms with Crippen LogP contribution in [0.4, 0.5) is 10.1 Å². The molecule has 0 radical (unpaired) electrons.